The van der Waals surface area contributed by atoms with E-state index in [0.717, 1.165) is 12.0 Å². The molecule has 2 aliphatic rings. The number of aliphatic carboxylic acids is 1. The zero-order valence-electron chi connectivity index (χ0n) is 12.4. The predicted molar refractivity (Wildman–Crippen MR) is 77.8 cm³/mol. The molecule has 0 bridgehead atoms. The number of fused-ring (bicyclic) bond motifs is 1. The third-order valence-corrected chi connectivity index (χ3v) is 4.14. The third-order valence-electron chi connectivity index (χ3n) is 4.14. The molecule has 6 nitrogen and oxygen atoms in total. The van der Waals surface area contributed by atoms with E-state index in [2.05, 4.69) is 5.32 Å². The van der Waals surface area contributed by atoms with Crippen molar-refractivity contribution in [3.05, 3.63) is 23.8 Å². The number of rotatable bonds is 5. The predicted octanol–water partition coefficient (Wildman–Crippen LogP) is 1.75. The number of benzene rings is 1. The summed E-state index contributed by atoms with van der Waals surface area (Å²) in [6.45, 7) is 3.03. The highest BCUT2D eigenvalue weighted by atomic mass is 16.6. The molecule has 1 aromatic carbocycles. The summed E-state index contributed by atoms with van der Waals surface area (Å²) in [4.78, 5) is 23.0. The van der Waals surface area contributed by atoms with E-state index in [9.17, 15) is 9.59 Å². The van der Waals surface area contributed by atoms with Crippen LogP contribution in [0, 0.1) is 11.8 Å². The number of hydrogen-bond acceptors (Lipinski definition) is 4. The SMILES string of the molecule is CC[C@H](NC(=O)[C@@H]1C[C@H]1C(=O)O)c1ccc2c(c1)OCCO2. The van der Waals surface area contributed by atoms with E-state index >= 15 is 0 Å². The largest absolute Gasteiger partial charge is 0.486 e. The van der Waals surface area contributed by atoms with E-state index in [1.54, 1.807) is 0 Å². The van der Waals surface area contributed by atoms with Gasteiger partial charge in [0.1, 0.15) is 13.2 Å². The molecule has 0 spiro atoms. The molecule has 1 heterocycles. The Balaban J connectivity index is 1.69. The van der Waals surface area contributed by atoms with E-state index in [1.807, 2.05) is 25.1 Å². The van der Waals surface area contributed by atoms with Gasteiger partial charge < -0.3 is 19.9 Å². The minimum atomic E-state index is -0.896. The first kappa shape index (κ1) is 14.7. The van der Waals surface area contributed by atoms with Crippen LogP contribution >= 0.6 is 0 Å². The molecular formula is C16H19NO5. The highest BCUT2D eigenvalue weighted by molar-refractivity contribution is 5.89. The first-order chi connectivity index (χ1) is 10.6. The van der Waals surface area contributed by atoms with Gasteiger partial charge in [-0.1, -0.05) is 13.0 Å². The number of carboxylic acid groups (broad SMARTS) is 1. The van der Waals surface area contributed by atoms with Gasteiger partial charge in [-0.05, 0) is 30.5 Å². The van der Waals surface area contributed by atoms with Crippen molar-refractivity contribution in [3.8, 4) is 11.5 Å². The van der Waals surface area contributed by atoms with Crippen LogP contribution in [-0.2, 0) is 9.59 Å². The topological polar surface area (TPSA) is 84.9 Å². The standard InChI is InChI=1S/C16H19NO5/c1-2-12(17-15(18)10-8-11(10)16(19)20)9-3-4-13-14(7-9)22-6-5-21-13/h3-4,7,10-12H,2,5-6,8H2,1H3,(H,17,18)(H,19,20)/t10-,11-,12+/m1/s1. The van der Waals surface area contributed by atoms with Gasteiger partial charge in [0, 0.05) is 0 Å². The van der Waals surface area contributed by atoms with Gasteiger partial charge >= 0.3 is 5.97 Å². The van der Waals surface area contributed by atoms with Crippen molar-refractivity contribution in [1.82, 2.24) is 5.32 Å². The van der Waals surface area contributed by atoms with Crippen molar-refractivity contribution >= 4 is 11.9 Å². The molecule has 0 unspecified atom stereocenters. The number of nitrogens with one attached hydrogen (secondary N) is 1. The molecule has 1 saturated carbocycles. The summed E-state index contributed by atoms with van der Waals surface area (Å²) in [5, 5.41) is 11.8. The number of carbonyl (C=O) groups is 2. The molecule has 1 amide bonds. The fourth-order valence-electron chi connectivity index (χ4n) is 2.73. The lowest BCUT2D eigenvalue weighted by Crippen LogP contribution is -2.30. The smallest absolute Gasteiger partial charge is 0.307 e. The zero-order valence-corrected chi connectivity index (χ0v) is 12.4. The van der Waals surface area contributed by atoms with Crippen LogP contribution in [0.2, 0.25) is 0 Å². The van der Waals surface area contributed by atoms with Gasteiger partial charge in [0.15, 0.2) is 11.5 Å². The normalized spacial score (nSPS) is 23.5. The average Bonchev–Trinajstić information content (AvgIpc) is 3.33. The van der Waals surface area contributed by atoms with Crippen LogP contribution in [-0.4, -0.2) is 30.2 Å². The average molecular weight is 305 g/mol. The molecule has 0 saturated heterocycles. The van der Waals surface area contributed by atoms with Gasteiger partial charge in [-0.25, -0.2) is 0 Å². The maximum Gasteiger partial charge on any atom is 0.307 e. The molecular weight excluding hydrogens is 286 g/mol. The van der Waals surface area contributed by atoms with E-state index in [0.29, 0.717) is 31.1 Å². The molecule has 22 heavy (non-hydrogen) atoms. The van der Waals surface area contributed by atoms with Gasteiger partial charge in [-0.3, -0.25) is 9.59 Å². The molecule has 3 rings (SSSR count). The Labute approximate surface area is 128 Å². The summed E-state index contributed by atoms with van der Waals surface area (Å²) in [6, 6.07) is 5.47. The number of carbonyl (C=O) groups excluding carboxylic acids is 1. The molecule has 3 atom stereocenters. The summed E-state index contributed by atoms with van der Waals surface area (Å²) < 4.78 is 11.0. The highest BCUT2D eigenvalue weighted by Gasteiger charge is 2.48. The molecule has 0 aromatic heterocycles. The Morgan fingerprint density at radius 3 is 2.64 bits per heavy atom. The first-order valence-corrected chi connectivity index (χ1v) is 7.53. The van der Waals surface area contributed by atoms with Crippen molar-refractivity contribution in [1.29, 1.82) is 0 Å². The zero-order chi connectivity index (χ0) is 15.7. The van der Waals surface area contributed by atoms with Crippen LogP contribution in [0.3, 0.4) is 0 Å². The molecule has 1 aliphatic carbocycles. The van der Waals surface area contributed by atoms with Gasteiger partial charge in [-0.2, -0.15) is 0 Å². The van der Waals surface area contributed by atoms with Crippen molar-refractivity contribution in [3.63, 3.8) is 0 Å². The lowest BCUT2D eigenvalue weighted by molar-refractivity contribution is -0.140. The second-order valence-electron chi connectivity index (χ2n) is 5.66. The van der Waals surface area contributed by atoms with Crippen LogP contribution in [0.25, 0.3) is 0 Å². The van der Waals surface area contributed by atoms with Gasteiger partial charge in [0.25, 0.3) is 0 Å². The Hall–Kier alpha value is -2.24. The van der Waals surface area contributed by atoms with E-state index < -0.39 is 17.8 Å². The molecule has 6 heteroatoms. The summed E-state index contributed by atoms with van der Waals surface area (Å²) >= 11 is 0. The molecule has 1 aromatic rings. The second kappa shape index (κ2) is 5.87. The maximum absolute atomic E-state index is 12.1. The number of carboxylic acids is 1. The third kappa shape index (κ3) is 2.86. The fourth-order valence-corrected chi connectivity index (χ4v) is 2.73. The molecule has 1 aliphatic heterocycles. The minimum Gasteiger partial charge on any atom is -0.486 e. The monoisotopic (exact) mass is 305 g/mol. The lowest BCUT2D eigenvalue weighted by Gasteiger charge is -2.22. The Kier molecular flexibility index (Phi) is 3.92. The van der Waals surface area contributed by atoms with E-state index in [-0.39, 0.29) is 11.9 Å². The van der Waals surface area contributed by atoms with Crippen LogP contribution in [0.4, 0.5) is 0 Å². The summed E-state index contributed by atoms with van der Waals surface area (Å²) in [6.07, 6.45) is 1.15. The molecule has 0 radical (unpaired) electrons. The van der Waals surface area contributed by atoms with Crippen LogP contribution < -0.4 is 14.8 Å². The molecule has 118 valence electrons. The number of hydrogen-bond donors (Lipinski definition) is 2. The Morgan fingerprint density at radius 2 is 2.00 bits per heavy atom. The number of ether oxygens (including phenoxy) is 2. The van der Waals surface area contributed by atoms with Crippen molar-refractivity contribution in [2.45, 2.75) is 25.8 Å². The van der Waals surface area contributed by atoms with Crippen LogP contribution in [0.15, 0.2) is 18.2 Å². The van der Waals surface area contributed by atoms with Gasteiger partial charge in [-0.15, -0.1) is 0 Å². The van der Waals surface area contributed by atoms with Crippen LogP contribution in [0.1, 0.15) is 31.4 Å². The summed E-state index contributed by atoms with van der Waals surface area (Å²) in [5.41, 5.74) is 0.938. The quantitative estimate of drug-likeness (QED) is 0.865. The first-order valence-electron chi connectivity index (χ1n) is 7.53. The molecule has 1 fully saturated rings. The summed E-state index contributed by atoms with van der Waals surface area (Å²) in [5.74, 6) is -0.612. The number of amides is 1. The Morgan fingerprint density at radius 1 is 1.27 bits per heavy atom. The molecule has 2 N–H and O–H groups in total. The summed E-state index contributed by atoms with van der Waals surface area (Å²) in [7, 11) is 0. The van der Waals surface area contributed by atoms with Crippen LogP contribution in [0.5, 0.6) is 11.5 Å². The van der Waals surface area contributed by atoms with Crippen molar-refractivity contribution in [2.24, 2.45) is 11.8 Å². The Bertz CT molecular complexity index is 600. The van der Waals surface area contributed by atoms with Gasteiger partial charge in [0.2, 0.25) is 5.91 Å². The second-order valence-corrected chi connectivity index (χ2v) is 5.66. The lowest BCUT2D eigenvalue weighted by atomic mass is 10.0. The van der Waals surface area contributed by atoms with Gasteiger partial charge in [0.05, 0.1) is 17.9 Å². The minimum absolute atomic E-state index is 0.154. The fraction of sp³-hybridized carbons (Fsp3) is 0.500. The highest BCUT2D eigenvalue weighted by Crippen LogP contribution is 2.39. The van der Waals surface area contributed by atoms with E-state index in [4.69, 9.17) is 14.6 Å². The van der Waals surface area contributed by atoms with E-state index in [1.165, 1.54) is 0 Å². The van der Waals surface area contributed by atoms with Crippen molar-refractivity contribution in [2.75, 3.05) is 13.2 Å². The van der Waals surface area contributed by atoms with Crippen molar-refractivity contribution < 1.29 is 24.2 Å². The maximum atomic E-state index is 12.1.